The Morgan fingerprint density at radius 3 is 2.50 bits per heavy atom. The second kappa shape index (κ2) is 3.12. The molecule has 0 atom stereocenters. The van der Waals surface area contributed by atoms with Crippen molar-refractivity contribution in [2.45, 2.75) is 0 Å². The molecule has 1 heterocycles. The van der Waals surface area contributed by atoms with Crippen molar-refractivity contribution in [1.29, 1.82) is 0 Å². The molecule has 10 heteroatoms. The predicted molar refractivity (Wildman–Crippen MR) is 48.9 cm³/mol. The Hall–Kier alpha value is -2.78. The molecule has 2 rings (SSSR count). The van der Waals surface area contributed by atoms with E-state index >= 15 is 0 Å². The maximum atomic E-state index is 10.6. The first-order chi connectivity index (χ1) is 7.52. The topological polar surface area (TPSA) is 148 Å². The minimum Gasteiger partial charge on any atom is -0.497 e. The molecular weight excluding hydrogens is 222 g/mol. The van der Waals surface area contributed by atoms with E-state index in [1.807, 2.05) is 0 Å². The molecule has 1 aromatic heterocycles. The van der Waals surface area contributed by atoms with Crippen molar-refractivity contribution in [1.82, 2.24) is 15.4 Å². The summed E-state index contributed by atoms with van der Waals surface area (Å²) in [5.74, 6) is -1.03. The van der Waals surface area contributed by atoms with E-state index in [-0.39, 0.29) is 11.0 Å². The van der Waals surface area contributed by atoms with Gasteiger partial charge in [-0.2, -0.15) is 10.3 Å². The van der Waals surface area contributed by atoms with Crippen LogP contribution in [0.15, 0.2) is 6.07 Å². The first-order valence-electron chi connectivity index (χ1n) is 3.87. The molecule has 0 aliphatic carbocycles. The maximum absolute atomic E-state index is 10.6. The zero-order valence-corrected chi connectivity index (χ0v) is 7.45. The van der Waals surface area contributed by atoms with E-state index in [0.29, 0.717) is 0 Å². The lowest BCUT2D eigenvalue weighted by molar-refractivity contribution is -0.395. The normalized spacial score (nSPS) is 10.5. The van der Waals surface area contributed by atoms with Gasteiger partial charge in [-0.25, -0.2) is 0 Å². The molecule has 0 bridgehead atoms. The molecule has 16 heavy (non-hydrogen) atoms. The Morgan fingerprint density at radius 1 is 1.25 bits per heavy atom. The summed E-state index contributed by atoms with van der Waals surface area (Å²) in [7, 11) is 0. The highest BCUT2D eigenvalue weighted by atomic mass is 16.6. The molecule has 0 spiro atoms. The van der Waals surface area contributed by atoms with Gasteiger partial charge in [-0.15, -0.1) is 5.10 Å². The number of nitro groups is 2. The Labute approximate surface area is 85.8 Å². The number of phenolic OH excluding ortho intramolecular Hbond substituents is 1. The van der Waals surface area contributed by atoms with Gasteiger partial charge >= 0.3 is 11.4 Å². The first-order valence-corrected chi connectivity index (χ1v) is 3.87. The van der Waals surface area contributed by atoms with Crippen molar-refractivity contribution in [2.75, 3.05) is 0 Å². The number of phenols is 1. The van der Waals surface area contributed by atoms with Crippen LogP contribution in [-0.4, -0.2) is 30.4 Å². The van der Waals surface area contributed by atoms with Gasteiger partial charge in [0.1, 0.15) is 5.52 Å². The Bertz CT molecular complexity index is 605. The molecular formula is C6H3N5O5. The predicted octanol–water partition coefficient (Wildman–Crippen LogP) is 0.480. The summed E-state index contributed by atoms with van der Waals surface area (Å²) in [6.07, 6.45) is 0. The number of aromatic hydroxyl groups is 1. The Morgan fingerprint density at radius 2 is 1.94 bits per heavy atom. The highest BCUT2D eigenvalue weighted by Crippen LogP contribution is 2.39. The molecule has 2 N–H and O–H groups in total. The van der Waals surface area contributed by atoms with Crippen molar-refractivity contribution in [2.24, 2.45) is 0 Å². The molecule has 0 radical (unpaired) electrons. The third-order valence-corrected chi connectivity index (χ3v) is 1.92. The number of aromatic amines is 1. The van der Waals surface area contributed by atoms with Crippen molar-refractivity contribution in [3.8, 4) is 5.75 Å². The van der Waals surface area contributed by atoms with Crippen LogP contribution in [0.5, 0.6) is 5.75 Å². The number of nitrogens with zero attached hydrogens (tertiary/aromatic N) is 4. The SMILES string of the molecule is O=[N+]([O-])c1cc2n[nH]nc2c([N+](=O)[O-])c1O. The van der Waals surface area contributed by atoms with Crippen molar-refractivity contribution in [3.05, 3.63) is 26.3 Å². The third-order valence-electron chi connectivity index (χ3n) is 1.92. The monoisotopic (exact) mass is 225 g/mol. The largest absolute Gasteiger partial charge is 0.497 e. The summed E-state index contributed by atoms with van der Waals surface area (Å²) >= 11 is 0. The number of hydrogen-bond donors (Lipinski definition) is 2. The fraction of sp³-hybridized carbons (Fsp3) is 0. The van der Waals surface area contributed by atoms with Crippen LogP contribution in [0.3, 0.4) is 0 Å². The van der Waals surface area contributed by atoms with Crippen LogP contribution < -0.4 is 0 Å². The summed E-state index contributed by atoms with van der Waals surface area (Å²) in [5.41, 5.74) is -1.91. The van der Waals surface area contributed by atoms with Gasteiger partial charge in [0.25, 0.3) is 5.75 Å². The molecule has 1 aromatic carbocycles. The number of benzene rings is 1. The Balaban J connectivity index is 2.92. The van der Waals surface area contributed by atoms with Crippen LogP contribution >= 0.6 is 0 Å². The molecule has 0 fully saturated rings. The number of H-pyrrole nitrogens is 1. The van der Waals surface area contributed by atoms with E-state index in [0.717, 1.165) is 6.07 Å². The zero-order valence-electron chi connectivity index (χ0n) is 7.45. The Kier molecular flexibility index (Phi) is 1.90. The third kappa shape index (κ3) is 1.20. The minimum absolute atomic E-state index is 0.0591. The molecule has 0 aliphatic heterocycles. The number of nitro benzene ring substituents is 2. The average Bonchev–Trinajstić information content (AvgIpc) is 2.62. The van der Waals surface area contributed by atoms with Gasteiger partial charge in [0, 0.05) is 0 Å². The van der Waals surface area contributed by atoms with Gasteiger partial charge in [-0.3, -0.25) is 20.2 Å². The van der Waals surface area contributed by atoms with Crippen LogP contribution in [0.1, 0.15) is 0 Å². The van der Waals surface area contributed by atoms with Gasteiger partial charge in [0.05, 0.1) is 15.9 Å². The molecule has 0 saturated heterocycles. The van der Waals surface area contributed by atoms with Crippen LogP contribution in [0.2, 0.25) is 0 Å². The highest BCUT2D eigenvalue weighted by Gasteiger charge is 2.30. The van der Waals surface area contributed by atoms with E-state index in [1.54, 1.807) is 0 Å². The van der Waals surface area contributed by atoms with E-state index < -0.39 is 27.0 Å². The zero-order chi connectivity index (χ0) is 11.9. The lowest BCUT2D eigenvalue weighted by Crippen LogP contribution is -1.95. The molecule has 0 unspecified atom stereocenters. The quantitative estimate of drug-likeness (QED) is 0.557. The lowest BCUT2D eigenvalue weighted by atomic mass is 10.2. The van der Waals surface area contributed by atoms with Gasteiger partial charge in [0.15, 0.2) is 5.52 Å². The van der Waals surface area contributed by atoms with Gasteiger partial charge in [-0.1, -0.05) is 0 Å². The number of fused-ring (bicyclic) bond motifs is 1. The van der Waals surface area contributed by atoms with Crippen LogP contribution in [0, 0.1) is 20.2 Å². The molecule has 2 aromatic rings. The standard InChI is InChI=1S/C6H3N5O5/c12-6-3(10(13)14)1-2-4(8-9-7-2)5(6)11(15)16/h1,12H,(H,7,8,9). The second-order valence-corrected chi connectivity index (χ2v) is 2.80. The number of hydrogen-bond acceptors (Lipinski definition) is 7. The second-order valence-electron chi connectivity index (χ2n) is 2.80. The van der Waals surface area contributed by atoms with Gasteiger partial charge < -0.3 is 5.11 Å². The fourth-order valence-electron chi connectivity index (χ4n) is 1.26. The lowest BCUT2D eigenvalue weighted by Gasteiger charge is -1.97. The average molecular weight is 225 g/mol. The van der Waals surface area contributed by atoms with Crippen LogP contribution in [0.25, 0.3) is 11.0 Å². The molecule has 0 aliphatic rings. The fourth-order valence-corrected chi connectivity index (χ4v) is 1.26. The van der Waals surface area contributed by atoms with Crippen LogP contribution in [0.4, 0.5) is 11.4 Å². The van der Waals surface area contributed by atoms with Crippen molar-refractivity contribution in [3.63, 3.8) is 0 Å². The number of nitrogens with one attached hydrogen (secondary N) is 1. The number of rotatable bonds is 2. The van der Waals surface area contributed by atoms with Crippen LogP contribution in [-0.2, 0) is 0 Å². The smallest absolute Gasteiger partial charge is 0.347 e. The van der Waals surface area contributed by atoms with E-state index in [4.69, 9.17) is 0 Å². The summed E-state index contributed by atoms with van der Waals surface area (Å²) in [5, 5.41) is 39.6. The van der Waals surface area contributed by atoms with Gasteiger partial charge in [-0.05, 0) is 0 Å². The van der Waals surface area contributed by atoms with Gasteiger partial charge in [0.2, 0.25) is 0 Å². The maximum Gasteiger partial charge on any atom is 0.347 e. The van der Waals surface area contributed by atoms with Crippen molar-refractivity contribution >= 4 is 22.4 Å². The van der Waals surface area contributed by atoms with E-state index in [9.17, 15) is 25.3 Å². The molecule has 82 valence electrons. The molecule has 10 nitrogen and oxygen atoms in total. The van der Waals surface area contributed by atoms with E-state index in [1.165, 1.54) is 0 Å². The minimum atomic E-state index is -1.03. The van der Waals surface area contributed by atoms with Crippen molar-refractivity contribution < 1.29 is 15.0 Å². The first kappa shape index (κ1) is 9.76. The number of aromatic nitrogens is 3. The molecule has 0 amide bonds. The summed E-state index contributed by atoms with van der Waals surface area (Å²) in [6.45, 7) is 0. The molecule has 0 saturated carbocycles. The summed E-state index contributed by atoms with van der Waals surface area (Å²) in [6, 6.07) is 0.904. The highest BCUT2D eigenvalue weighted by molar-refractivity contribution is 5.90. The van der Waals surface area contributed by atoms with E-state index in [2.05, 4.69) is 15.4 Å². The summed E-state index contributed by atoms with van der Waals surface area (Å²) < 4.78 is 0. The summed E-state index contributed by atoms with van der Waals surface area (Å²) in [4.78, 5) is 19.3.